The van der Waals surface area contributed by atoms with Gasteiger partial charge in [-0.3, -0.25) is 0 Å². The highest BCUT2D eigenvalue weighted by molar-refractivity contribution is 5.68. The van der Waals surface area contributed by atoms with Crippen molar-refractivity contribution >= 4 is 6.09 Å². The zero-order valence-electron chi connectivity index (χ0n) is 19.0. The minimum absolute atomic E-state index is 0.289. The number of hydrogen-bond donors (Lipinski definition) is 1. The SMILES string of the molecule is CC(C)(C)OC(=O)N1CC[C@H](O)C[C@H]1C[C@H](Oc1ccc(C(F)(F)F)cc1)c1ccccc1. The number of nitrogens with zero attached hydrogens (tertiary/aromatic N) is 1. The number of likely N-dealkylation sites (tertiary alicyclic amines) is 1. The molecule has 0 radical (unpaired) electrons. The smallest absolute Gasteiger partial charge is 0.416 e. The summed E-state index contributed by atoms with van der Waals surface area (Å²) in [5, 5.41) is 10.3. The number of carbonyl (C=O) groups excluding carboxylic acids is 1. The summed E-state index contributed by atoms with van der Waals surface area (Å²) < 4.78 is 50.4. The van der Waals surface area contributed by atoms with Crippen LogP contribution in [0, 0.1) is 0 Å². The number of alkyl halides is 3. The summed E-state index contributed by atoms with van der Waals surface area (Å²) in [4.78, 5) is 14.4. The van der Waals surface area contributed by atoms with E-state index < -0.39 is 35.6 Å². The fourth-order valence-corrected chi connectivity index (χ4v) is 3.87. The molecule has 0 aromatic heterocycles. The normalized spacial score (nSPS) is 20.3. The zero-order valence-corrected chi connectivity index (χ0v) is 19.0. The van der Waals surface area contributed by atoms with E-state index in [-0.39, 0.29) is 11.8 Å². The minimum atomic E-state index is -4.43. The molecule has 1 saturated heterocycles. The highest BCUT2D eigenvalue weighted by atomic mass is 19.4. The third-order valence-electron chi connectivity index (χ3n) is 5.43. The van der Waals surface area contributed by atoms with Gasteiger partial charge in [0, 0.05) is 19.0 Å². The summed E-state index contributed by atoms with van der Waals surface area (Å²) in [6.07, 6.45) is -4.82. The van der Waals surface area contributed by atoms with E-state index in [1.54, 1.807) is 25.7 Å². The summed E-state index contributed by atoms with van der Waals surface area (Å²) >= 11 is 0. The molecule has 3 atom stereocenters. The van der Waals surface area contributed by atoms with E-state index in [2.05, 4.69) is 0 Å². The van der Waals surface area contributed by atoms with Crippen LogP contribution in [-0.2, 0) is 10.9 Å². The second-order valence-corrected chi connectivity index (χ2v) is 9.28. The van der Waals surface area contributed by atoms with Crippen molar-refractivity contribution in [1.29, 1.82) is 0 Å². The molecule has 1 aliphatic heterocycles. The predicted molar refractivity (Wildman–Crippen MR) is 118 cm³/mol. The lowest BCUT2D eigenvalue weighted by molar-refractivity contribution is -0.137. The summed E-state index contributed by atoms with van der Waals surface area (Å²) in [5.74, 6) is 0.289. The molecule has 8 heteroatoms. The van der Waals surface area contributed by atoms with Gasteiger partial charge in [0.05, 0.1) is 11.7 Å². The molecule has 0 bridgehead atoms. The van der Waals surface area contributed by atoms with Crippen LogP contribution in [0.2, 0.25) is 0 Å². The van der Waals surface area contributed by atoms with Gasteiger partial charge in [-0.1, -0.05) is 30.3 Å². The van der Waals surface area contributed by atoms with Crippen molar-refractivity contribution in [3.05, 3.63) is 65.7 Å². The van der Waals surface area contributed by atoms with E-state index in [0.29, 0.717) is 25.8 Å². The van der Waals surface area contributed by atoms with E-state index >= 15 is 0 Å². The quantitative estimate of drug-likeness (QED) is 0.591. The molecule has 2 aromatic rings. The maximum Gasteiger partial charge on any atom is 0.416 e. The highest BCUT2D eigenvalue weighted by Gasteiger charge is 2.36. The van der Waals surface area contributed by atoms with E-state index in [9.17, 15) is 23.1 Å². The number of aliphatic hydroxyl groups excluding tert-OH is 1. The maximum atomic E-state index is 12.9. The Balaban J connectivity index is 1.83. The first-order valence-corrected chi connectivity index (χ1v) is 11.0. The number of piperidine rings is 1. The van der Waals surface area contributed by atoms with Gasteiger partial charge < -0.3 is 19.5 Å². The number of hydrogen-bond acceptors (Lipinski definition) is 4. The number of halogens is 3. The van der Waals surface area contributed by atoms with E-state index in [0.717, 1.165) is 17.7 Å². The Morgan fingerprint density at radius 1 is 1.09 bits per heavy atom. The third-order valence-corrected chi connectivity index (χ3v) is 5.43. The van der Waals surface area contributed by atoms with Crippen molar-refractivity contribution in [2.45, 2.75) is 70.1 Å². The number of carbonyl (C=O) groups is 1. The molecule has 0 saturated carbocycles. The van der Waals surface area contributed by atoms with E-state index in [1.165, 1.54) is 12.1 Å². The van der Waals surface area contributed by atoms with Gasteiger partial charge in [-0.25, -0.2) is 4.79 Å². The molecular formula is C25H30F3NO4. The third kappa shape index (κ3) is 7.12. The summed E-state index contributed by atoms with van der Waals surface area (Å²) in [5.41, 5.74) is -0.591. The van der Waals surface area contributed by atoms with Gasteiger partial charge in [-0.05, 0) is 63.4 Å². The molecule has 0 spiro atoms. The average Bonchev–Trinajstić information content (AvgIpc) is 2.72. The van der Waals surface area contributed by atoms with Crippen LogP contribution < -0.4 is 4.74 Å². The van der Waals surface area contributed by atoms with Crippen LogP contribution >= 0.6 is 0 Å². The number of benzene rings is 2. The van der Waals surface area contributed by atoms with Crippen LogP contribution in [0.1, 0.15) is 57.3 Å². The molecule has 0 aliphatic carbocycles. The number of rotatable bonds is 5. The second-order valence-electron chi connectivity index (χ2n) is 9.28. The van der Waals surface area contributed by atoms with E-state index in [1.807, 2.05) is 30.3 Å². The molecule has 1 N–H and O–H groups in total. The number of aliphatic hydroxyl groups is 1. The zero-order chi connectivity index (χ0) is 24.2. The van der Waals surface area contributed by atoms with Gasteiger partial charge in [0.1, 0.15) is 17.5 Å². The highest BCUT2D eigenvalue weighted by Crippen LogP contribution is 2.34. The Morgan fingerprint density at radius 3 is 2.30 bits per heavy atom. The summed E-state index contributed by atoms with van der Waals surface area (Å²) in [6, 6.07) is 13.5. The van der Waals surface area contributed by atoms with Crippen molar-refractivity contribution in [1.82, 2.24) is 4.90 Å². The molecule has 1 amide bonds. The maximum absolute atomic E-state index is 12.9. The van der Waals surface area contributed by atoms with Crippen molar-refractivity contribution in [3.63, 3.8) is 0 Å². The minimum Gasteiger partial charge on any atom is -0.486 e. The largest absolute Gasteiger partial charge is 0.486 e. The lowest BCUT2D eigenvalue weighted by Crippen LogP contribution is -2.50. The topological polar surface area (TPSA) is 59.0 Å². The molecule has 1 heterocycles. The molecule has 5 nitrogen and oxygen atoms in total. The Labute approximate surface area is 192 Å². The van der Waals surface area contributed by atoms with Crippen LogP contribution in [0.15, 0.2) is 54.6 Å². The lowest BCUT2D eigenvalue weighted by atomic mass is 9.92. The lowest BCUT2D eigenvalue weighted by Gasteiger charge is -2.40. The molecular weight excluding hydrogens is 435 g/mol. The van der Waals surface area contributed by atoms with Crippen molar-refractivity contribution in [2.75, 3.05) is 6.54 Å². The molecule has 3 rings (SSSR count). The Bertz CT molecular complexity index is 910. The molecule has 2 aromatic carbocycles. The molecule has 1 fully saturated rings. The molecule has 180 valence electrons. The second kappa shape index (κ2) is 10.0. The van der Waals surface area contributed by atoms with Gasteiger partial charge in [0.2, 0.25) is 0 Å². The van der Waals surface area contributed by atoms with Gasteiger partial charge in [-0.2, -0.15) is 13.2 Å². The first-order valence-electron chi connectivity index (χ1n) is 11.0. The average molecular weight is 466 g/mol. The first-order chi connectivity index (χ1) is 15.4. The van der Waals surface area contributed by atoms with Crippen LogP contribution in [0.5, 0.6) is 5.75 Å². The van der Waals surface area contributed by atoms with Gasteiger partial charge >= 0.3 is 12.3 Å². The van der Waals surface area contributed by atoms with Crippen LogP contribution in [0.3, 0.4) is 0 Å². The first kappa shape index (κ1) is 24.9. The summed E-state index contributed by atoms with van der Waals surface area (Å²) in [7, 11) is 0. The number of ether oxygens (including phenoxy) is 2. The van der Waals surface area contributed by atoms with Crippen LogP contribution in [0.25, 0.3) is 0 Å². The van der Waals surface area contributed by atoms with Crippen molar-refractivity contribution in [2.24, 2.45) is 0 Å². The Morgan fingerprint density at radius 2 is 1.73 bits per heavy atom. The van der Waals surface area contributed by atoms with Gasteiger partial charge in [0.15, 0.2) is 0 Å². The van der Waals surface area contributed by atoms with Crippen molar-refractivity contribution in [3.8, 4) is 5.75 Å². The van der Waals surface area contributed by atoms with Gasteiger partial charge in [0.25, 0.3) is 0 Å². The van der Waals surface area contributed by atoms with E-state index in [4.69, 9.17) is 9.47 Å². The standard InChI is InChI=1S/C25H30F3NO4/c1-24(2,3)33-23(31)29-14-13-20(30)15-19(29)16-22(17-7-5-4-6-8-17)32-21-11-9-18(10-12-21)25(26,27)28/h4-12,19-20,22,30H,13-16H2,1-3H3/t19-,20-,22-/m0/s1. The van der Waals surface area contributed by atoms with Gasteiger partial charge in [-0.15, -0.1) is 0 Å². The fourth-order valence-electron chi connectivity index (χ4n) is 3.87. The van der Waals surface area contributed by atoms with Crippen molar-refractivity contribution < 1.29 is 32.5 Å². The number of amides is 1. The van der Waals surface area contributed by atoms with Crippen LogP contribution in [0.4, 0.5) is 18.0 Å². The molecule has 33 heavy (non-hydrogen) atoms. The monoisotopic (exact) mass is 465 g/mol. The van der Waals surface area contributed by atoms with Crippen LogP contribution in [-0.4, -0.2) is 40.4 Å². The summed E-state index contributed by atoms with van der Waals surface area (Å²) in [6.45, 7) is 5.72. The molecule has 1 aliphatic rings. The fraction of sp³-hybridized carbons (Fsp3) is 0.480. The predicted octanol–water partition coefficient (Wildman–Crippen LogP) is 5.98. The Hall–Kier alpha value is -2.74. The Kier molecular flexibility index (Phi) is 7.57. The molecule has 0 unspecified atom stereocenters.